The number of benzene rings is 1. The molecule has 7 heteroatoms. The molecule has 0 aliphatic carbocycles. The molecule has 0 saturated carbocycles. The highest BCUT2D eigenvalue weighted by Gasteiger charge is 2.36. The van der Waals surface area contributed by atoms with E-state index in [4.69, 9.17) is 9.47 Å². The number of esters is 1. The molecule has 1 amide bonds. The maximum Gasteiger partial charge on any atom is 0.311 e. The van der Waals surface area contributed by atoms with E-state index >= 15 is 0 Å². The first-order valence-corrected chi connectivity index (χ1v) is 8.40. The molecule has 0 spiro atoms. The molecule has 2 aliphatic rings. The van der Waals surface area contributed by atoms with E-state index < -0.39 is 0 Å². The molecule has 0 N–H and O–H groups in total. The second kappa shape index (κ2) is 6.88. The monoisotopic (exact) mass is 382 g/mol. The quantitative estimate of drug-likeness (QED) is 0.746. The molecule has 3 rings (SSSR count). The number of amides is 1. The lowest BCUT2D eigenvalue weighted by Gasteiger charge is -2.30. The number of halogens is 1. The van der Waals surface area contributed by atoms with Crippen LogP contribution in [0.2, 0.25) is 0 Å². The molecule has 1 aromatic rings. The second-order valence-electron chi connectivity index (χ2n) is 5.66. The van der Waals surface area contributed by atoms with Gasteiger partial charge in [0.25, 0.3) is 0 Å². The van der Waals surface area contributed by atoms with Gasteiger partial charge in [0.05, 0.1) is 31.9 Å². The first-order chi connectivity index (χ1) is 11.1. The Hall–Kier alpha value is -1.60. The van der Waals surface area contributed by atoms with Gasteiger partial charge < -0.3 is 19.3 Å². The number of ether oxygens (including phenoxy) is 2. The molecule has 124 valence electrons. The molecule has 1 aromatic carbocycles. The van der Waals surface area contributed by atoms with Crippen molar-refractivity contribution in [3.05, 3.63) is 22.7 Å². The number of nitrogens with zero attached hydrogens (tertiary/aromatic N) is 2. The molecule has 1 atom stereocenters. The van der Waals surface area contributed by atoms with E-state index in [1.165, 1.54) is 7.11 Å². The fourth-order valence-corrected chi connectivity index (χ4v) is 3.62. The Morgan fingerprint density at radius 3 is 2.74 bits per heavy atom. The third-order valence-electron chi connectivity index (χ3n) is 4.25. The molecule has 0 aromatic heterocycles. The zero-order valence-electron chi connectivity index (χ0n) is 13.0. The first-order valence-electron chi connectivity index (χ1n) is 7.60. The minimum absolute atomic E-state index is 0.0496. The molecular formula is C16H19BrN2O4. The lowest BCUT2D eigenvalue weighted by atomic mass is 10.1. The maximum absolute atomic E-state index is 12.2. The van der Waals surface area contributed by atoms with E-state index in [0.29, 0.717) is 6.54 Å². The van der Waals surface area contributed by atoms with Gasteiger partial charge in [-0.3, -0.25) is 9.59 Å². The van der Waals surface area contributed by atoms with Gasteiger partial charge in [-0.15, -0.1) is 0 Å². The van der Waals surface area contributed by atoms with Crippen LogP contribution in [-0.2, 0) is 19.1 Å². The summed E-state index contributed by atoms with van der Waals surface area (Å²) in [6.45, 7) is 3.52. The van der Waals surface area contributed by atoms with Crippen molar-refractivity contribution >= 4 is 39.2 Å². The van der Waals surface area contributed by atoms with Crippen molar-refractivity contribution < 1.29 is 19.1 Å². The van der Waals surface area contributed by atoms with Crippen LogP contribution in [0.4, 0.5) is 11.4 Å². The summed E-state index contributed by atoms with van der Waals surface area (Å²) >= 11 is 3.60. The highest BCUT2D eigenvalue weighted by molar-refractivity contribution is 9.10. The van der Waals surface area contributed by atoms with Gasteiger partial charge >= 0.3 is 5.97 Å². The predicted molar refractivity (Wildman–Crippen MR) is 89.7 cm³/mol. The van der Waals surface area contributed by atoms with E-state index in [1.807, 2.05) is 18.2 Å². The lowest BCUT2D eigenvalue weighted by Crippen LogP contribution is -2.36. The molecular weight excluding hydrogens is 364 g/mol. The van der Waals surface area contributed by atoms with Crippen LogP contribution in [0.25, 0.3) is 0 Å². The Labute approximate surface area is 143 Å². The minimum atomic E-state index is -0.384. The Balaban J connectivity index is 1.77. The Kier molecular flexibility index (Phi) is 4.87. The summed E-state index contributed by atoms with van der Waals surface area (Å²) < 4.78 is 11.1. The second-order valence-corrected chi connectivity index (χ2v) is 6.52. The fourth-order valence-electron chi connectivity index (χ4n) is 3.01. The van der Waals surface area contributed by atoms with Crippen molar-refractivity contribution in [2.45, 2.75) is 6.42 Å². The summed E-state index contributed by atoms with van der Waals surface area (Å²) in [7, 11) is 1.35. The van der Waals surface area contributed by atoms with Crippen LogP contribution in [0.15, 0.2) is 22.7 Å². The average Bonchev–Trinajstić information content (AvgIpc) is 2.96. The summed E-state index contributed by atoms with van der Waals surface area (Å²) in [5, 5.41) is 0. The van der Waals surface area contributed by atoms with Crippen molar-refractivity contribution in [3.8, 4) is 0 Å². The number of anilines is 2. The summed E-state index contributed by atoms with van der Waals surface area (Å²) in [4.78, 5) is 27.7. The van der Waals surface area contributed by atoms with Crippen LogP contribution in [0.5, 0.6) is 0 Å². The number of morpholine rings is 1. The van der Waals surface area contributed by atoms with Gasteiger partial charge in [0.2, 0.25) is 5.91 Å². The normalized spacial score (nSPS) is 21.7. The van der Waals surface area contributed by atoms with Crippen LogP contribution >= 0.6 is 15.9 Å². The lowest BCUT2D eigenvalue weighted by molar-refractivity contribution is -0.145. The van der Waals surface area contributed by atoms with Gasteiger partial charge in [-0.25, -0.2) is 0 Å². The Morgan fingerprint density at radius 1 is 1.35 bits per heavy atom. The maximum atomic E-state index is 12.2. The summed E-state index contributed by atoms with van der Waals surface area (Å²) in [6, 6.07) is 5.86. The molecule has 2 fully saturated rings. The summed E-state index contributed by atoms with van der Waals surface area (Å²) in [6.07, 6.45) is 0.204. The van der Waals surface area contributed by atoms with Crippen LogP contribution in [0, 0.1) is 5.92 Å². The van der Waals surface area contributed by atoms with Gasteiger partial charge in [-0.2, -0.15) is 0 Å². The number of methoxy groups -OCH3 is 1. The van der Waals surface area contributed by atoms with E-state index in [1.54, 1.807) is 4.90 Å². The van der Waals surface area contributed by atoms with Crippen molar-refractivity contribution in [1.82, 2.24) is 0 Å². The SMILES string of the molecule is COC(=O)C1CC(=O)N(c2ccc(N3CCOCC3)c(Br)c2)C1. The average molecular weight is 383 g/mol. The van der Waals surface area contributed by atoms with Crippen LogP contribution in [-0.4, -0.2) is 51.8 Å². The summed E-state index contributed by atoms with van der Waals surface area (Å²) in [5.41, 5.74) is 1.89. The van der Waals surface area contributed by atoms with E-state index in [9.17, 15) is 9.59 Å². The zero-order chi connectivity index (χ0) is 16.4. The highest BCUT2D eigenvalue weighted by Crippen LogP contribution is 2.33. The van der Waals surface area contributed by atoms with Crippen molar-refractivity contribution in [2.75, 3.05) is 49.8 Å². The largest absolute Gasteiger partial charge is 0.469 e. The number of carbonyl (C=O) groups excluding carboxylic acids is 2. The fraction of sp³-hybridized carbons (Fsp3) is 0.500. The number of rotatable bonds is 3. The molecule has 6 nitrogen and oxygen atoms in total. The van der Waals surface area contributed by atoms with Crippen molar-refractivity contribution in [2.24, 2.45) is 5.92 Å². The molecule has 2 heterocycles. The molecule has 23 heavy (non-hydrogen) atoms. The molecule has 0 bridgehead atoms. The van der Waals surface area contributed by atoms with Crippen LogP contribution in [0.3, 0.4) is 0 Å². The smallest absolute Gasteiger partial charge is 0.311 e. The first kappa shape index (κ1) is 16.3. The topological polar surface area (TPSA) is 59.1 Å². The standard InChI is InChI=1S/C16H19BrN2O4/c1-22-16(21)11-8-15(20)19(10-11)12-2-3-14(13(17)9-12)18-4-6-23-7-5-18/h2-3,9,11H,4-8,10H2,1H3. The number of carbonyl (C=O) groups is 2. The molecule has 1 unspecified atom stereocenters. The van der Waals surface area contributed by atoms with Crippen molar-refractivity contribution in [3.63, 3.8) is 0 Å². The third kappa shape index (κ3) is 3.35. The minimum Gasteiger partial charge on any atom is -0.469 e. The van der Waals surface area contributed by atoms with Crippen LogP contribution in [0.1, 0.15) is 6.42 Å². The predicted octanol–water partition coefficient (Wildman–Crippen LogP) is 1.81. The molecule has 2 aliphatic heterocycles. The highest BCUT2D eigenvalue weighted by atomic mass is 79.9. The van der Waals surface area contributed by atoms with Gasteiger partial charge in [-0.05, 0) is 34.1 Å². The van der Waals surface area contributed by atoms with E-state index in [-0.39, 0.29) is 24.2 Å². The van der Waals surface area contributed by atoms with Gasteiger partial charge in [0.15, 0.2) is 0 Å². The Bertz CT molecular complexity index is 616. The summed E-state index contributed by atoms with van der Waals surface area (Å²) in [5.74, 6) is -0.763. The van der Waals surface area contributed by atoms with Gasteiger partial charge in [0, 0.05) is 36.2 Å². The van der Waals surface area contributed by atoms with Crippen molar-refractivity contribution in [1.29, 1.82) is 0 Å². The molecule has 2 saturated heterocycles. The Morgan fingerprint density at radius 2 is 2.09 bits per heavy atom. The molecule has 0 radical (unpaired) electrons. The number of hydrogen-bond acceptors (Lipinski definition) is 5. The van der Waals surface area contributed by atoms with Gasteiger partial charge in [0.1, 0.15) is 0 Å². The van der Waals surface area contributed by atoms with Crippen LogP contribution < -0.4 is 9.80 Å². The van der Waals surface area contributed by atoms with E-state index in [2.05, 4.69) is 20.8 Å². The van der Waals surface area contributed by atoms with Gasteiger partial charge in [-0.1, -0.05) is 0 Å². The van der Waals surface area contributed by atoms with E-state index in [0.717, 1.165) is 42.2 Å². The third-order valence-corrected chi connectivity index (χ3v) is 4.89. The number of hydrogen-bond donors (Lipinski definition) is 0. The zero-order valence-corrected chi connectivity index (χ0v) is 14.5.